The van der Waals surface area contributed by atoms with Crippen LogP contribution in [-0.4, -0.2) is 27.8 Å². The predicted octanol–water partition coefficient (Wildman–Crippen LogP) is 4.79. The fourth-order valence-electron chi connectivity index (χ4n) is 4.18. The van der Waals surface area contributed by atoms with Crippen LogP contribution in [0.4, 0.5) is 11.6 Å². The van der Waals surface area contributed by atoms with E-state index in [1.165, 1.54) is 6.33 Å². The van der Waals surface area contributed by atoms with Gasteiger partial charge in [-0.2, -0.15) is 10.1 Å². The molecule has 0 spiro atoms. The number of rotatable bonds is 7. The Kier molecular flexibility index (Phi) is 6.17. The van der Waals surface area contributed by atoms with Crippen molar-refractivity contribution in [2.45, 2.75) is 19.6 Å². The monoisotopic (exact) mass is 467 g/mol. The van der Waals surface area contributed by atoms with Gasteiger partial charge in [0.05, 0.1) is 18.4 Å². The van der Waals surface area contributed by atoms with Gasteiger partial charge in [0.15, 0.2) is 0 Å². The van der Waals surface area contributed by atoms with Gasteiger partial charge < -0.3 is 20.1 Å². The van der Waals surface area contributed by atoms with E-state index in [0.29, 0.717) is 41.0 Å². The van der Waals surface area contributed by atoms with Gasteiger partial charge in [-0.25, -0.2) is 4.68 Å². The van der Waals surface area contributed by atoms with Gasteiger partial charge in [-0.3, -0.25) is 4.79 Å². The SMILES string of the molecule is COc1ccccc1NC(=O)C1=C(C)Nc2ncnn2[C@H]1c1ccccc1OCc1ccccc1. The van der Waals surface area contributed by atoms with Crippen molar-refractivity contribution >= 4 is 17.5 Å². The van der Waals surface area contributed by atoms with E-state index in [1.807, 2.05) is 73.7 Å². The molecule has 0 aliphatic carbocycles. The zero-order valence-electron chi connectivity index (χ0n) is 19.4. The number of anilines is 2. The van der Waals surface area contributed by atoms with Crippen LogP contribution < -0.4 is 20.1 Å². The van der Waals surface area contributed by atoms with Crippen LogP contribution in [0.2, 0.25) is 0 Å². The smallest absolute Gasteiger partial charge is 0.255 e. The summed E-state index contributed by atoms with van der Waals surface area (Å²) in [5.74, 6) is 1.52. The zero-order chi connectivity index (χ0) is 24.2. The third kappa shape index (κ3) is 4.46. The number of aromatic nitrogens is 3. The lowest BCUT2D eigenvalue weighted by atomic mass is 9.94. The molecule has 0 bridgehead atoms. The standard InChI is InChI=1S/C27H25N5O3/c1-18-24(26(33)31-21-13-7-9-15-23(21)34-2)25(32-27(30-18)28-17-29-32)20-12-6-8-14-22(20)35-16-19-10-4-3-5-11-19/h3-15,17,25H,16H2,1-2H3,(H,31,33)(H,28,29,30)/t25-/m0/s1. The number of ether oxygens (including phenoxy) is 2. The molecule has 2 heterocycles. The maximum absolute atomic E-state index is 13.7. The first-order chi connectivity index (χ1) is 17.2. The van der Waals surface area contributed by atoms with Crippen molar-refractivity contribution < 1.29 is 14.3 Å². The Morgan fingerprint density at radius 3 is 2.51 bits per heavy atom. The molecular weight excluding hydrogens is 442 g/mol. The molecular formula is C27H25N5O3. The first-order valence-corrected chi connectivity index (χ1v) is 11.2. The largest absolute Gasteiger partial charge is 0.495 e. The second kappa shape index (κ2) is 9.72. The highest BCUT2D eigenvalue weighted by molar-refractivity contribution is 6.06. The van der Waals surface area contributed by atoms with E-state index < -0.39 is 6.04 Å². The summed E-state index contributed by atoms with van der Waals surface area (Å²) in [7, 11) is 1.57. The Balaban J connectivity index is 1.53. The lowest BCUT2D eigenvalue weighted by Crippen LogP contribution is -2.31. The average Bonchev–Trinajstić information content (AvgIpc) is 3.36. The summed E-state index contributed by atoms with van der Waals surface area (Å²) in [4.78, 5) is 18.0. The number of benzene rings is 3. The summed E-state index contributed by atoms with van der Waals surface area (Å²) < 4.78 is 13.3. The van der Waals surface area contributed by atoms with Crippen LogP contribution in [0.3, 0.4) is 0 Å². The lowest BCUT2D eigenvalue weighted by molar-refractivity contribution is -0.113. The van der Waals surface area contributed by atoms with Crippen molar-refractivity contribution in [2.24, 2.45) is 0 Å². The number of para-hydroxylation sites is 3. The van der Waals surface area contributed by atoms with Gasteiger partial charge in [0.1, 0.15) is 30.5 Å². The summed E-state index contributed by atoms with van der Waals surface area (Å²) in [6, 6.07) is 24.4. The van der Waals surface area contributed by atoms with E-state index in [4.69, 9.17) is 9.47 Å². The number of nitrogens with zero attached hydrogens (tertiary/aromatic N) is 3. The number of amides is 1. The normalized spacial score (nSPS) is 14.6. The summed E-state index contributed by atoms with van der Waals surface area (Å²) in [6.45, 7) is 2.26. The molecule has 2 N–H and O–H groups in total. The number of fused-ring (bicyclic) bond motifs is 1. The molecule has 176 valence electrons. The highest BCUT2D eigenvalue weighted by Gasteiger charge is 2.35. The van der Waals surface area contributed by atoms with E-state index in [2.05, 4.69) is 20.7 Å². The van der Waals surface area contributed by atoms with Crippen molar-refractivity contribution in [1.82, 2.24) is 14.8 Å². The number of hydrogen-bond donors (Lipinski definition) is 2. The summed E-state index contributed by atoms with van der Waals surface area (Å²) in [5.41, 5.74) is 3.62. The van der Waals surface area contributed by atoms with Crippen molar-refractivity contribution in [3.05, 3.63) is 108 Å². The number of hydrogen-bond acceptors (Lipinski definition) is 6. The zero-order valence-corrected chi connectivity index (χ0v) is 19.4. The molecule has 1 aliphatic rings. The molecule has 0 unspecified atom stereocenters. The molecule has 0 radical (unpaired) electrons. The first-order valence-electron chi connectivity index (χ1n) is 11.2. The van der Waals surface area contributed by atoms with Crippen LogP contribution in [0, 0.1) is 0 Å². The molecule has 0 saturated heterocycles. The highest BCUT2D eigenvalue weighted by Crippen LogP contribution is 2.39. The maximum atomic E-state index is 13.7. The quantitative estimate of drug-likeness (QED) is 0.406. The van der Waals surface area contributed by atoms with Crippen molar-refractivity contribution in [2.75, 3.05) is 17.7 Å². The Hall–Kier alpha value is -4.59. The molecule has 35 heavy (non-hydrogen) atoms. The van der Waals surface area contributed by atoms with E-state index >= 15 is 0 Å². The van der Waals surface area contributed by atoms with Crippen LogP contribution in [-0.2, 0) is 11.4 Å². The van der Waals surface area contributed by atoms with Crippen molar-refractivity contribution in [1.29, 1.82) is 0 Å². The fourth-order valence-corrected chi connectivity index (χ4v) is 4.18. The third-order valence-electron chi connectivity index (χ3n) is 5.84. The minimum Gasteiger partial charge on any atom is -0.495 e. The summed E-state index contributed by atoms with van der Waals surface area (Å²) >= 11 is 0. The molecule has 4 aromatic rings. The number of allylic oxidation sites excluding steroid dienone is 1. The first kappa shape index (κ1) is 22.2. The van der Waals surface area contributed by atoms with Gasteiger partial charge in [-0.15, -0.1) is 0 Å². The lowest BCUT2D eigenvalue weighted by Gasteiger charge is -2.30. The third-order valence-corrected chi connectivity index (χ3v) is 5.84. The molecule has 8 nitrogen and oxygen atoms in total. The minimum atomic E-state index is -0.546. The van der Waals surface area contributed by atoms with Crippen LogP contribution in [0.15, 0.2) is 96.5 Å². The van der Waals surface area contributed by atoms with E-state index in [1.54, 1.807) is 23.9 Å². The fraction of sp³-hybridized carbons (Fsp3) is 0.148. The Labute approximate surface area is 203 Å². The molecule has 0 saturated carbocycles. The van der Waals surface area contributed by atoms with Crippen molar-refractivity contribution in [3.63, 3.8) is 0 Å². The Bertz CT molecular complexity index is 1380. The van der Waals surface area contributed by atoms with Gasteiger partial charge in [0.25, 0.3) is 5.91 Å². The molecule has 1 aromatic heterocycles. The van der Waals surface area contributed by atoms with Gasteiger partial charge in [0, 0.05) is 11.3 Å². The van der Waals surface area contributed by atoms with Crippen LogP contribution >= 0.6 is 0 Å². The molecule has 8 heteroatoms. The Morgan fingerprint density at radius 1 is 1.00 bits per heavy atom. The van der Waals surface area contributed by atoms with Crippen molar-refractivity contribution in [3.8, 4) is 11.5 Å². The van der Waals surface area contributed by atoms with Crippen LogP contribution in [0.5, 0.6) is 11.5 Å². The van der Waals surface area contributed by atoms with Gasteiger partial charge >= 0.3 is 0 Å². The number of carbonyl (C=O) groups is 1. The molecule has 1 aliphatic heterocycles. The summed E-state index contributed by atoms with van der Waals surface area (Å²) in [5, 5.41) is 10.6. The number of carbonyl (C=O) groups excluding carboxylic acids is 1. The molecule has 1 amide bonds. The van der Waals surface area contributed by atoms with Crippen LogP contribution in [0.1, 0.15) is 24.1 Å². The summed E-state index contributed by atoms with van der Waals surface area (Å²) in [6.07, 6.45) is 1.47. The molecule has 1 atom stereocenters. The van der Waals surface area contributed by atoms with Gasteiger partial charge in [-0.1, -0.05) is 60.7 Å². The van der Waals surface area contributed by atoms with E-state index in [9.17, 15) is 4.79 Å². The Morgan fingerprint density at radius 2 is 1.71 bits per heavy atom. The molecule has 5 rings (SSSR count). The average molecular weight is 468 g/mol. The van der Waals surface area contributed by atoms with E-state index in [-0.39, 0.29) is 5.91 Å². The highest BCUT2D eigenvalue weighted by atomic mass is 16.5. The second-order valence-corrected chi connectivity index (χ2v) is 8.06. The van der Waals surface area contributed by atoms with E-state index in [0.717, 1.165) is 11.1 Å². The van der Waals surface area contributed by atoms with Crippen LogP contribution in [0.25, 0.3) is 0 Å². The number of nitrogens with one attached hydrogen (secondary N) is 2. The maximum Gasteiger partial charge on any atom is 0.255 e. The topological polar surface area (TPSA) is 90.3 Å². The predicted molar refractivity (Wildman–Crippen MR) is 133 cm³/mol. The van der Waals surface area contributed by atoms with Gasteiger partial charge in [0.2, 0.25) is 5.95 Å². The molecule has 0 fully saturated rings. The minimum absolute atomic E-state index is 0.275. The molecule has 3 aromatic carbocycles. The van der Waals surface area contributed by atoms with Gasteiger partial charge in [-0.05, 0) is 30.7 Å². The number of methoxy groups -OCH3 is 1. The second-order valence-electron chi connectivity index (χ2n) is 8.06.